The molecule has 1 unspecified atom stereocenters. The van der Waals surface area contributed by atoms with Crippen LogP contribution >= 0.6 is 0 Å². The molecule has 0 spiro atoms. The van der Waals surface area contributed by atoms with Crippen molar-refractivity contribution in [3.63, 3.8) is 0 Å². The fraction of sp³-hybridized carbons (Fsp3) is 0.250. The quantitative estimate of drug-likeness (QED) is 0.426. The Balaban J connectivity index is 1.52. The van der Waals surface area contributed by atoms with Gasteiger partial charge >= 0.3 is 6.18 Å². The Labute approximate surface area is 191 Å². The SMILES string of the molecule is OCC(O)COc1ccc2c(c1)CCc1nc(-c3onc(-c4ccccc4)c3C(F)(F)F)oc1-2. The Morgan fingerprint density at radius 3 is 2.59 bits per heavy atom. The monoisotopic (exact) mass is 472 g/mol. The second-order valence-corrected chi connectivity index (χ2v) is 7.86. The fourth-order valence-corrected chi connectivity index (χ4v) is 3.91. The van der Waals surface area contributed by atoms with Crippen molar-refractivity contribution < 1.29 is 37.1 Å². The first-order valence-corrected chi connectivity index (χ1v) is 10.5. The number of aliphatic hydroxyl groups is 2. The minimum absolute atomic E-state index is 0.0670. The molecule has 4 aromatic rings. The van der Waals surface area contributed by atoms with Gasteiger partial charge in [-0.2, -0.15) is 13.2 Å². The standard InChI is InChI=1S/C24H19F3N2O5/c25-24(26,27)19-20(13-4-2-1-3-5-13)29-34-22(19)23-28-18-9-6-14-10-16(32-12-15(31)11-30)7-8-17(14)21(18)33-23/h1-5,7-8,10,15,30-31H,6,9,11-12H2. The van der Waals surface area contributed by atoms with Crippen molar-refractivity contribution in [2.75, 3.05) is 13.2 Å². The van der Waals surface area contributed by atoms with Crippen LogP contribution in [0.5, 0.6) is 5.75 Å². The highest BCUT2D eigenvalue weighted by Gasteiger charge is 2.43. The Bertz CT molecular complexity index is 1310. The smallest absolute Gasteiger partial charge is 0.422 e. The molecule has 0 bridgehead atoms. The zero-order valence-electron chi connectivity index (χ0n) is 17.7. The van der Waals surface area contributed by atoms with E-state index in [1.807, 2.05) is 0 Å². The number of aryl methyl sites for hydroxylation is 2. The number of fused-ring (bicyclic) bond motifs is 3. The zero-order chi connectivity index (χ0) is 23.9. The molecule has 0 fully saturated rings. The molecule has 1 aliphatic rings. The maximum absolute atomic E-state index is 14.0. The molecule has 0 radical (unpaired) electrons. The molecule has 7 nitrogen and oxygen atoms in total. The van der Waals surface area contributed by atoms with Crippen LogP contribution < -0.4 is 4.74 Å². The highest BCUT2D eigenvalue weighted by Crippen LogP contribution is 2.45. The number of halogens is 3. The Morgan fingerprint density at radius 1 is 1.06 bits per heavy atom. The van der Waals surface area contributed by atoms with Gasteiger partial charge in [-0.15, -0.1) is 0 Å². The van der Waals surface area contributed by atoms with Gasteiger partial charge < -0.3 is 23.9 Å². The van der Waals surface area contributed by atoms with Crippen molar-refractivity contribution >= 4 is 0 Å². The predicted molar refractivity (Wildman–Crippen MR) is 114 cm³/mol. The number of oxazole rings is 1. The van der Waals surface area contributed by atoms with Crippen molar-refractivity contribution in [1.29, 1.82) is 0 Å². The summed E-state index contributed by atoms with van der Waals surface area (Å²) in [5.41, 5.74) is 0.981. The summed E-state index contributed by atoms with van der Waals surface area (Å²) in [6.45, 7) is -0.481. The third-order valence-electron chi connectivity index (χ3n) is 5.52. The maximum Gasteiger partial charge on any atom is 0.422 e. The average molecular weight is 472 g/mol. The van der Waals surface area contributed by atoms with Gasteiger partial charge in [-0.25, -0.2) is 4.98 Å². The molecule has 0 amide bonds. The number of nitrogens with zero attached hydrogens (tertiary/aromatic N) is 2. The molecular weight excluding hydrogens is 453 g/mol. The molecule has 34 heavy (non-hydrogen) atoms. The Morgan fingerprint density at radius 2 is 1.85 bits per heavy atom. The van der Waals surface area contributed by atoms with Gasteiger partial charge in [-0.3, -0.25) is 0 Å². The molecule has 0 saturated heterocycles. The molecule has 2 N–H and O–H groups in total. The van der Waals surface area contributed by atoms with Gasteiger partial charge in [-0.05, 0) is 36.6 Å². The molecule has 1 aliphatic carbocycles. The predicted octanol–water partition coefficient (Wildman–Crippen LogP) is 4.51. The molecule has 176 valence electrons. The highest BCUT2D eigenvalue weighted by atomic mass is 19.4. The summed E-state index contributed by atoms with van der Waals surface area (Å²) in [7, 11) is 0. The number of alkyl halides is 3. The Kier molecular flexibility index (Phi) is 5.62. The van der Waals surface area contributed by atoms with E-state index in [1.54, 1.807) is 36.4 Å². The molecule has 2 aromatic heterocycles. The van der Waals surface area contributed by atoms with Gasteiger partial charge in [0.15, 0.2) is 5.76 Å². The molecule has 5 rings (SSSR count). The molecule has 2 heterocycles. The summed E-state index contributed by atoms with van der Waals surface area (Å²) in [6.07, 6.45) is -4.70. The lowest BCUT2D eigenvalue weighted by Crippen LogP contribution is -2.21. The van der Waals surface area contributed by atoms with Crippen LogP contribution in [0, 0.1) is 0 Å². The molecule has 0 saturated carbocycles. The lowest BCUT2D eigenvalue weighted by atomic mass is 9.93. The van der Waals surface area contributed by atoms with Gasteiger partial charge in [0.05, 0.1) is 12.3 Å². The third kappa shape index (κ3) is 4.06. The van der Waals surface area contributed by atoms with E-state index in [0.717, 1.165) is 5.56 Å². The van der Waals surface area contributed by atoms with E-state index in [4.69, 9.17) is 18.8 Å². The number of aliphatic hydroxyl groups excluding tert-OH is 2. The number of benzene rings is 2. The minimum atomic E-state index is -4.74. The minimum Gasteiger partial charge on any atom is -0.491 e. The van der Waals surface area contributed by atoms with Gasteiger partial charge in [0.1, 0.15) is 29.7 Å². The molecule has 0 aliphatic heterocycles. The van der Waals surface area contributed by atoms with E-state index in [-0.39, 0.29) is 23.8 Å². The van der Waals surface area contributed by atoms with Crippen LogP contribution in [0.1, 0.15) is 16.8 Å². The largest absolute Gasteiger partial charge is 0.491 e. The maximum atomic E-state index is 14.0. The fourth-order valence-electron chi connectivity index (χ4n) is 3.91. The van der Waals surface area contributed by atoms with Crippen LogP contribution in [-0.4, -0.2) is 39.7 Å². The molecular formula is C24H19F3N2O5. The summed E-state index contributed by atoms with van der Waals surface area (Å²) in [6, 6.07) is 13.1. The summed E-state index contributed by atoms with van der Waals surface area (Å²) in [5, 5.41) is 22.1. The number of hydrogen-bond donors (Lipinski definition) is 2. The number of ether oxygens (including phenoxy) is 1. The first kappa shape index (κ1) is 22.2. The van der Waals surface area contributed by atoms with E-state index in [9.17, 15) is 18.3 Å². The summed E-state index contributed by atoms with van der Waals surface area (Å²) in [4.78, 5) is 4.30. The number of rotatable bonds is 6. The van der Waals surface area contributed by atoms with E-state index in [2.05, 4.69) is 10.1 Å². The van der Waals surface area contributed by atoms with Crippen molar-refractivity contribution in [1.82, 2.24) is 10.1 Å². The normalized spacial score (nSPS) is 13.9. The summed E-state index contributed by atoms with van der Waals surface area (Å²) >= 11 is 0. The second kappa shape index (κ2) is 8.62. The van der Waals surface area contributed by atoms with Crippen LogP contribution in [0.25, 0.3) is 34.2 Å². The summed E-state index contributed by atoms with van der Waals surface area (Å²) < 4.78 is 58.5. The van der Waals surface area contributed by atoms with Gasteiger partial charge in [0.25, 0.3) is 5.89 Å². The van der Waals surface area contributed by atoms with Gasteiger partial charge in [-0.1, -0.05) is 35.5 Å². The van der Waals surface area contributed by atoms with Crippen LogP contribution in [0.2, 0.25) is 0 Å². The van der Waals surface area contributed by atoms with Crippen LogP contribution in [0.4, 0.5) is 13.2 Å². The molecule has 1 atom stereocenters. The van der Waals surface area contributed by atoms with Crippen molar-refractivity contribution in [2.24, 2.45) is 0 Å². The van der Waals surface area contributed by atoms with Crippen LogP contribution in [-0.2, 0) is 19.0 Å². The lowest BCUT2D eigenvalue weighted by Gasteiger charge is -2.16. The van der Waals surface area contributed by atoms with Crippen molar-refractivity contribution in [3.8, 4) is 40.0 Å². The van der Waals surface area contributed by atoms with Crippen LogP contribution in [0.15, 0.2) is 57.5 Å². The Hall–Kier alpha value is -3.63. The average Bonchev–Trinajstić information content (AvgIpc) is 3.47. The van der Waals surface area contributed by atoms with Crippen molar-refractivity contribution in [3.05, 3.63) is 65.4 Å². The lowest BCUT2D eigenvalue weighted by molar-refractivity contribution is -0.136. The van der Waals surface area contributed by atoms with E-state index < -0.39 is 30.2 Å². The summed E-state index contributed by atoms with van der Waals surface area (Å²) in [5.74, 6) is 0.00649. The first-order valence-electron chi connectivity index (χ1n) is 10.5. The van der Waals surface area contributed by atoms with E-state index in [0.29, 0.717) is 35.6 Å². The second-order valence-electron chi connectivity index (χ2n) is 7.86. The van der Waals surface area contributed by atoms with Gasteiger partial charge in [0, 0.05) is 11.1 Å². The topological polar surface area (TPSA) is 102 Å². The highest BCUT2D eigenvalue weighted by molar-refractivity contribution is 5.73. The molecule has 10 heteroatoms. The van der Waals surface area contributed by atoms with Gasteiger partial charge in [0.2, 0.25) is 5.76 Å². The number of hydrogen-bond acceptors (Lipinski definition) is 7. The molecule has 2 aromatic carbocycles. The third-order valence-corrected chi connectivity index (χ3v) is 5.52. The zero-order valence-corrected chi connectivity index (χ0v) is 17.7. The van der Waals surface area contributed by atoms with E-state index in [1.165, 1.54) is 12.1 Å². The van der Waals surface area contributed by atoms with E-state index >= 15 is 0 Å². The first-order chi connectivity index (χ1) is 16.3. The van der Waals surface area contributed by atoms with Crippen LogP contribution in [0.3, 0.4) is 0 Å². The van der Waals surface area contributed by atoms with Crippen molar-refractivity contribution in [2.45, 2.75) is 25.1 Å². The number of aromatic nitrogens is 2.